The third-order valence-electron chi connectivity index (χ3n) is 2.90. The molecule has 0 unspecified atom stereocenters. The molecule has 100 valence electrons. The van der Waals surface area contributed by atoms with Gasteiger partial charge in [0.05, 0.1) is 12.8 Å². The van der Waals surface area contributed by atoms with Crippen LogP contribution in [0.4, 0.5) is 10.5 Å². The molecule has 0 saturated heterocycles. The summed E-state index contributed by atoms with van der Waals surface area (Å²) in [6, 6.07) is 10.9. The number of carbonyl (C=O) groups is 1. The van der Waals surface area contributed by atoms with Crippen LogP contribution in [0.25, 0.3) is 10.8 Å². The van der Waals surface area contributed by atoms with Crippen molar-refractivity contribution in [3.8, 4) is 0 Å². The van der Waals surface area contributed by atoms with Gasteiger partial charge in [0.2, 0.25) is 0 Å². The molecule has 5 nitrogen and oxygen atoms in total. The average Bonchev–Trinajstić information content (AvgIpc) is 2.98. The Kier molecular flexibility index (Phi) is 3.33. The Morgan fingerprint density at radius 1 is 1.20 bits per heavy atom. The van der Waals surface area contributed by atoms with Gasteiger partial charge in [-0.15, -0.1) is 0 Å². The Hall–Kier alpha value is -2.82. The monoisotopic (exact) mass is 267 g/mol. The molecular formula is C15H13N3O2. The molecule has 2 amide bonds. The average molecular weight is 267 g/mol. The Morgan fingerprint density at radius 3 is 3.00 bits per heavy atom. The Bertz CT molecular complexity index is 723. The minimum atomic E-state index is -0.269. The van der Waals surface area contributed by atoms with Gasteiger partial charge in [0.25, 0.3) is 0 Å². The van der Waals surface area contributed by atoms with Crippen LogP contribution >= 0.6 is 0 Å². The lowest BCUT2D eigenvalue weighted by Crippen LogP contribution is -2.27. The summed E-state index contributed by atoms with van der Waals surface area (Å²) >= 11 is 0. The molecule has 0 aliphatic heterocycles. The summed E-state index contributed by atoms with van der Waals surface area (Å²) in [4.78, 5) is 15.8. The fourth-order valence-corrected chi connectivity index (χ4v) is 1.92. The largest absolute Gasteiger partial charge is 0.467 e. The summed E-state index contributed by atoms with van der Waals surface area (Å²) in [6.45, 7) is 0.357. The zero-order valence-corrected chi connectivity index (χ0v) is 10.7. The third-order valence-corrected chi connectivity index (χ3v) is 2.90. The standard InChI is InChI=1S/C15H13N3O2/c19-15(17-10-14-2-1-7-20-14)18-13-4-3-12-9-16-6-5-11(12)8-13/h1-9H,10H2,(H2,17,18,19). The molecule has 2 heterocycles. The molecule has 0 fully saturated rings. The van der Waals surface area contributed by atoms with Gasteiger partial charge in [-0.3, -0.25) is 4.98 Å². The van der Waals surface area contributed by atoms with Crippen LogP contribution in [-0.2, 0) is 6.54 Å². The number of nitrogens with one attached hydrogen (secondary N) is 2. The number of rotatable bonds is 3. The van der Waals surface area contributed by atoms with E-state index >= 15 is 0 Å². The van der Waals surface area contributed by atoms with E-state index in [9.17, 15) is 4.79 Å². The van der Waals surface area contributed by atoms with Gasteiger partial charge in [0.15, 0.2) is 0 Å². The molecular weight excluding hydrogens is 254 g/mol. The van der Waals surface area contributed by atoms with Gasteiger partial charge in [0, 0.05) is 23.5 Å². The van der Waals surface area contributed by atoms with Gasteiger partial charge in [-0.05, 0) is 35.7 Å². The molecule has 0 saturated carbocycles. The van der Waals surface area contributed by atoms with Gasteiger partial charge in [-0.25, -0.2) is 4.79 Å². The number of pyridine rings is 1. The highest BCUT2D eigenvalue weighted by molar-refractivity contribution is 5.93. The SMILES string of the molecule is O=C(NCc1ccco1)Nc1ccc2cnccc2c1. The lowest BCUT2D eigenvalue weighted by molar-refractivity contribution is 0.251. The molecule has 3 aromatic rings. The van der Waals surface area contributed by atoms with Crippen molar-refractivity contribution < 1.29 is 9.21 Å². The maximum absolute atomic E-state index is 11.8. The first kappa shape index (κ1) is 12.2. The van der Waals surface area contributed by atoms with E-state index in [1.54, 1.807) is 24.7 Å². The van der Waals surface area contributed by atoms with Crippen molar-refractivity contribution in [1.82, 2.24) is 10.3 Å². The zero-order valence-electron chi connectivity index (χ0n) is 10.7. The maximum Gasteiger partial charge on any atom is 0.319 e. The van der Waals surface area contributed by atoms with Gasteiger partial charge in [0.1, 0.15) is 5.76 Å². The summed E-state index contributed by atoms with van der Waals surface area (Å²) in [7, 11) is 0. The first-order valence-corrected chi connectivity index (χ1v) is 6.22. The number of furan rings is 1. The topological polar surface area (TPSA) is 67.2 Å². The van der Waals surface area contributed by atoms with Crippen LogP contribution in [0.1, 0.15) is 5.76 Å². The van der Waals surface area contributed by atoms with Crippen molar-refractivity contribution in [1.29, 1.82) is 0 Å². The fourth-order valence-electron chi connectivity index (χ4n) is 1.92. The highest BCUT2D eigenvalue weighted by Gasteiger charge is 2.03. The van der Waals surface area contributed by atoms with E-state index < -0.39 is 0 Å². The van der Waals surface area contributed by atoms with Gasteiger partial charge in [-0.2, -0.15) is 0 Å². The molecule has 2 aromatic heterocycles. The predicted molar refractivity (Wildman–Crippen MR) is 76.3 cm³/mol. The van der Waals surface area contributed by atoms with E-state index in [-0.39, 0.29) is 6.03 Å². The van der Waals surface area contributed by atoms with Crippen LogP contribution in [0.5, 0.6) is 0 Å². The minimum absolute atomic E-state index is 0.269. The molecule has 0 aliphatic rings. The molecule has 0 aliphatic carbocycles. The number of anilines is 1. The first-order chi connectivity index (χ1) is 9.81. The molecule has 3 rings (SSSR count). The third kappa shape index (κ3) is 2.77. The lowest BCUT2D eigenvalue weighted by atomic mass is 10.1. The van der Waals surface area contributed by atoms with Crippen LogP contribution in [0.2, 0.25) is 0 Å². The molecule has 0 radical (unpaired) electrons. The number of aromatic nitrogens is 1. The van der Waals surface area contributed by atoms with Gasteiger partial charge in [-0.1, -0.05) is 6.07 Å². The Labute approximate surface area is 115 Å². The second-order valence-corrected chi connectivity index (χ2v) is 4.32. The highest BCUT2D eigenvalue weighted by atomic mass is 16.3. The molecule has 20 heavy (non-hydrogen) atoms. The van der Waals surface area contributed by atoms with Crippen molar-refractivity contribution in [3.05, 3.63) is 60.8 Å². The van der Waals surface area contributed by atoms with E-state index in [1.807, 2.05) is 30.3 Å². The number of fused-ring (bicyclic) bond motifs is 1. The van der Waals surface area contributed by atoms with Crippen molar-refractivity contribution in [2.45, 2.75) is 6.54 Å². The van der Waals surface area contributed by atoms with Crippen molar-refractivity contribution >= 4 is 22.5 Å². The maximum atomic E-state index is 11.8. The van der Waals surface area contributed by atoms with Crippen LogP contribution in [0, 0.1) is 0 Å². The molecule has 0 spiro atoms. The van der Waals surface area contributed by atoms with E-state index in [0.29, 0.717) is 12.3 Å². The van der Waals surface area contributed by atoms with Crippen molar-refractivity contribution in [2.75, 3.05) is 5.32 Å². The Morgan fingerprint density at radius 2 is 2.15 bits per heavy atom. The number of nitrogens with zero attached hydrogens (tertiary/aromatic N) is 1. The van der Waals surface area contributed by atoms with Gasteiger partial charge < -0.3 is 15.1 Å². The number of carbonyl (C=O) groups excluding carboxylic acids is 1. The summed E-state index contributed by atoms with van der Waals surface area (Å²) in [6.07, 6.45) is 5.09. The number of hydrogen-bond acceptors (Lipinski definition) is 3. The minimum Gasteiger partial charge on any atom is -0.467 e. The number of benzene rings is 1. The van der Waals surface area contributed by atoms with Gasteiger partial charge >= 0.3 is 6.03 Å². The second-order valence-electron chi connectivity index (χ2n) is 4.32. The van der Waals surface area contributed by atoms with E-state index in [1.165, 1.54) is 0 Å². The summed E-state index contributed by atoms with van der Waals surface area (Å²) in [5, 5.41) is 7.58. The first-order valence-electron chi connectivity index (χ1n) is 6.22. The zero-order chi connectivity index (χ0) is 13.8. The molecule has 2 N–H and O–H groups in total. The molecule has 0 atom stereocenters. The van der Waals surface area contributed by atoms with Crippen LogP contribution in [0.3, 0.4) is 0 Å². The normalized spacial score (nSPS) is 10.4. The van der Waals surface area contributed by atoms with Crippen molar-refractivity contribution in [3.63, 3.8) is 0 Å². The summed E-state index contributed by atoms with van der Waals surface area (Å²) in [5.74, 6) is 0.713. The predicted octanol–water partition coefficient (Wildman–Crippen LogP) is 3.15. The second kappa shape index (κ2) is 5.44. The van der Waals surface area contributed by atoms with E-state index in [4.69, 9.17) is 4.42 Å². The fraction of sp³-hybridized carbons (Fsp3) is 0.0667. The van der Waals surface area contributed by atoms with E-state index in [2.05, 4.69) is 15.6 Å². The molecule has 0 bridgehead atoms. The number of hydrogen-bond donors (Lipinski definition) is 2. The quantitative estimate of drug-likeness (QED) is 0.766. The van der Waals surface area contributed by atoms with Crippen LogP contribution in [0.15, 0.2) is 59.5 Å². The van der Waals surface area contributed by atoms with E-state index in [0.717, 1.165) is 16.5 Å². The smallest absolute Gasteiger partial charge is 0.319 e. The molecule has 1 aromatic carbocycles. The lowest BCUT2D eigenvalue weighted by Gasteiger charge is -2.07. The summed E-state index contributed by atoms with van der Waals surface area (Å²) < 4.78 is 5.14. The number of amides is 2. The number of urea groups is 1. The summed E-state index contributed by atoms with van der Waals surface area (Å²) in [5.41, 5.74) is 0.737. The van der Waals surface area contributed by atoms with Crippen LogP contribution in [-0.4, -0.2) is 11.0 Å². The highest BCUT2D eigenvalue weighted by Crippen LogP contribution is 2.17. The van der Waals surface area contributed by atoms with Crippen LogP contribution < -0.4 is 10.6 Å². The Balaban J connectivity index is 1.65. The van der Waals surface area contributed by atoms with Crippen molar-refractivity contribution in [2.24, 2.45) is 0 Å². The molecule has 5 heteroatoms.